The predicted octanol–water partition coefficient (Wildman–Crippen LogP) is 1.97. The third-order valence-corrected chi connectivity index (χ3v) is 3.97. The van der Waals surface area contributed by atoms with E-state index in [9.17, 15) is 9.59 Å². The van der Waals surface area contributed by atoms with Crippen LogP contribution in [0, 0.1) is 0 Å². The number of nitrogens with zero attached hydrogens (tertiary/aromatic N) is 2. The smallest absolute Gasteiger partial charge is 0.317 e. The van der Waals surface area contributed by atoms with Crippen molar-refractivity contribution in [3.63, 3.8) is 0 Å². The maximum absolute atomic E-state index is 12.8. The molecule has 0 atom stereocenters. The molecule has 2 rings (SSSR count). The van der Waals surface area contributed by atoms with Crippen LogP contribution in [-0.4, -0.2) is 67.7 Å². The number of methoxy groups -OCH3 is 2. The van der Waals surface area contributed by atoms with Crippen LogP contribution in [-0.2, 0) is 0 Å². The average Bonchev–Trinajstić information content (AvgIpc) is 2.59. The number of amides is 3. The Hall–Kier alpha value is -2.44. The molecule has 0 saturated carbocycles. The summed E-state index contributed by atoms with van der Waals surface area (Å²) in [6.45, 7) is 7.80. The molecule has 1 aromatic rings. The molecule has 0 spiro atoms. The monoisotopic (exact) mass is 349 g/mol. The second-order valence-corrected chi connectivity index (χ2v) is 7.03. The van der Waals surface area contributed by atoms with Gasteiger partial charge >= 0.3 is 6.03 Å². The Balaban J connectivity index is 2.03. The molecule has 7 nitrogen and oxygen atoms in total. The zero-order valence-electron chi connectivity index (χ0n) is 15.6. The lowest BCUT2D eigenvalue weighted by Crippen LogP contribution is -2.56. The highest BCUT2D eigenvalue weighted by molar-refractivity contribution is 5.97. The van der Waals surface area contributed by atoms with Gasteiger partial charge in [-0.05, 0) is 39.0 Å². The van der Waals surface area contributed by atoms with Crippen LogP contribution in [0.2, 0.25) is 0 Å². The third-order valence-electron chi connectivity index (χ3n) is 3.97. The highest BCUT2D eigenvalue weighted by Crippen LogP contribution is 2.25. The lowest BCUT2D eigenvalue weighted by atomic mass is 10.1. The lowest BCUT2D eigenvalue weighted by Gasteiger charge is -2.36. The normalized spacial score (nSPS) is 14.9. The van der Waals surface area contributed by atoms with E-state index in [4.69, 9.17) is 9.47 Å². The van der Waals surface area contributed by atoms with E-state index < -0.39 is 0 Å². The molecule has 0 radical (unpaired) electrons. The largest absolute Gasteiger partial charge is 0.497 e. The van der Waals surface area contributed by atoms with Crippen molar-refractivity contribution in [3.8, 4) is 11.5 Å². The van der Waals surface area contributed by atoms with E-state index in [1.165, 1.54) is 7.11 Å². The van der Waals surface area contributed by atoms with Gasteiger partial charge in [-0.25, -0.2) is 4.79 Å². The van der Waals surface area contributed by atoms with Crippen LogP contribution in [0.25, 0.3) is 0 Å². The minimum Gasteiger partial charge on any atom is -0.497 e. The number of nitrogens with one attached hydrogen (secondary N) is 1. The highest BCUT2D eigenvalue weighted by Gasteiger charge is 2.28. The first-order chi connectivity index (χ1) is 11.7. The maximum atomic E-state index is 12.8. The predicted molar refractivity (Wildman–Crippen MR) is 95.3 cm³/mol. The molecule has 7 heteroatoms. The lowest BCUT2D eigenvalue weighted by molar-refractivity contribution is 0.0657. The van der Waals surface area contributed by atoms with Gasteiger partial charge in [-0.1, -0.05) is 0 Å². The molecule has 0 bridgehead atoms. The van der Waals surface area contributed by atoms with E-state index in [0.717, 1.165) is 0 Å². The van der Waals surface area contributed by atoms with Crippen LogP contribution in [0.15, 0.2) is 18.2 Å². The number of carbonyl (C=O) groups excluding carboxylic acids is 2. The Bertz CT molecular complexity index is 632. The van der Waals surface area contributed by atoms with Crippen molar-refractivity contribution in [1.29, 1.82) is 0 Å². The Labute approximate surface area is 148 Å². The molecule has 1 N–H and O–H groups in total. The summed E-state index contributed by atoms with van der Waals surface area (Å²) in [5.41, 5.74) is 0.187. The first-order valence-corrected chi connectivity index (χ1v) is 8.33. The summed E-state index contributed by atoms with van der Waals surface area (Å²) in [6.07, 6.45) is 0. The molecule has 1 saturated heterocycles. The van der Waals surface area contributed by atoms with E-state index in [1.54, 1.807) is 35.1 Å². The van der Waals surface area contributed by atoms with Gasteiger partial charge in [-0.3, -0.25) is 4.79 Å². The van der Waals surface area contributed by atoms with Gasteiger partial charge in [0, 0.05) is 31.7 Å². The third kappa shape index (κ3) is 4.78. The minimum atomic E-state index is -0.280. The fraction of sp³-hybridized carbons (Fsp3) is 0.556. The number of hydrogen-bond acceptors (Lipinski definition) is 4. The van der Waals surface area contributed by atoms with Crippen LogP contribution < -0.4 is 14.8 Å². The molecular formula is C18H27N3O4. The number of urea groups is 1. The van der Waals surface area contributed by atoms with Gasteiger partial charge in [0.05, 0.1) is 19.8 Å². The molecule has 138 valence electrons. The standard InChI is InChI=1S/C18H27N3O4/c1-18(2,3)19-17(23)21-10-8-20(9-11-21)16(22)14-12-13(24-4)6-7-15(14)25-5/h6-7,12H,8-11H2,1-5H3,(H,19,23). The second-order valence-electron chi connectivity index (χ2n) is 7.03. The highest BCUT2D eigenvalue weighted by atomic mass is 16.5. The molecule has 1 heterocycles. The number of carbonyl (C=O) groups is 2. The van der Waals surface area contributed by atoms with E-state index in [1.807, 2.05) is 20.8 Å². The molecule has 1 aromatic carbocycles. The summed E-state index contributed by atoms with van der Waals surface area (Å²) < 4.78 is 10.5. The van der Waals surface area contributed by atoms with Crippen LogP contribution in [0.5, 0.6) is 11.5 Å². The van der Waals surface area contributed by atoms with Crippen molar-refractivity contribution in [1.82, 2.24) is 15.1 Å². The molecule has 1 fully saturated rings. The summed E-state index contributed by atoms with van der Waals surface area (Å²) in [5, 5.41) is 2.94. The summed E-state index contributed by atoms with van der Waals surface area (Å²) in [4.78, 5) is 28.5. The molecule has 0 aromatic heterocycles. The number of benzene rings is 1. The van der Waals surface area contributed by atoms with Gasteiger partial charge in [-0.2, -0.15) is 0 Å². The van der Waals surface area contributed by atoms with Crippen LogP contribution >= 0.6 is 0 Å². The van der Waals surface area contributed by atoms with Crippen molar-refractivity contribution in [3.05, 3.63) is 23.8 Å². The van der Waals surface area contributed by atoms with Crippen LogP contribution in [0.3, 0.4) is 0 Å². The van der Waals surface area contributed by atoms with E-state index in [2.05, 4.69) is 5.32 Å². The van der Waals surface area contributed by atoms with Gasteiger partial charge in [0.15, 0.2) is 0 Å². The molecule has 25 heavy (non-hydrogen) atoms. The average molecular weight is 349 g/mol. The molecule has 1 aliphatic heterocycles. The van der Waals surface area contributed by atoms with Crippen molar-refractivity contribution >= 4 is 11.9 Å². The Kier molecular flexibility index (Phi) is 5.77. The Morgan fingerprint density at radius 3 is 2.12 bits per heavy atom. The van der Waals surface area contributed by atoms with Crippen molar-refractivity contribution in [2.24, 2.45) is 0 Å². The van der Waals surface area contributed by atoms with Crippen molar-refractivity contribution < 1.29 is 19.1 Å². The van der Waals surface area contributed by atoms with E-state index in [0.29, 0.717) is 43.2 Å². The van der Waals surface area contributed by atoms with Crippen LogP contribution in [0.1, 0.15) is 31.1 Å². The molecule has 0 aliphatic carbocycles. The second kappa shape index (κ2) is 7.63. The molecular weight excluding hydrogens is 322 g/mol. The first-order valence-electron chi connectivity index (χ1n) is 8.33. The summed E-state index contributed by atoms with van der Waals surface area (Å²) >= 11 is 0. The summed E-state index contributed by atoms with van der Waals surface area (Å²) in [6, 6.07) is 5.06. The number of ether oxygens (including phenoxy) is 2. The molecule has 0 unspecified atom stereocenters. The van der Waals surface area contributed by atoms with Gasteiger partial charge in [0.2, 0.25) is 0 Å². The van der Waals surface area contributed by atoms with Gasteiger partial charge in [-0.15, -0.1) is 0 Å². The minimum absolute atomic E-state index is 0.0986. The zero-order valence-corrected chi connectivity index (χ0v) is 15.6. The maximum Gasteiger partial charge on any atom is 0.317 e. The zero-order chi connectivity index (χ0) is 18.6. The fourth-order valence-electron chi connectivity index (χ4n) is 2.66. The number of hydrogen-bond donors (Lipinski definition) is 1. The quantitative estimate of drug-likeness (QED) is 0.906. The topological polar surface area (TPSA) is 71.1 Å². The van der Waals surface area contributed by atoms with E-state index >= 15 is 0 Å². The SMILES string of the molecule is COc1ccc(OC)c(C(=O)N2CCN(C(=O)NC(C)(C)C)CC2)c1. The number of rotatable bonds is 3. The van der Waals surface area contributed by atoms with E-state index in [-0.39, 0.29) is 17.5 Å². The fourth-order valence-corrected chi connectivity index (χ4v) is 2.66. The van der Waals surface area contributed by atoms with Gasteiger partial charge in [0.1, 0.15) is 11.5 Å². The van der Waals surface area contributed by atoms with Gasteiger partial charge in [0.25, 0.3) is 5.91 Å². The van der Waals surface area contributed by atoms with Crippen LogP contribution in [0.4, 0.5) is 4.79 Å². The van der Waals surface area contributed by atoms with Gasteiger partial charge < -0.3 is 24.6 Å². The van der Waals surface area contributed by atoms with Crippen molar-refractivity contribution in [2.75, 3.05) is 40.4 Å². The summed E-state index contributed by atoms with van der Waals surface area (Å²) in [5.74, 6) is 0.998. The Morgan fingerprint density at radius 1 is 1.00 bits per heavy atom. The first kappa shape index (κ1) is 18.9. The molecule has 3 amide bonds. The summed E-state index contributed by atoms with van der Waals surface area (Å²) in [7, 11) is 3.09. The molecule has 1 aliphatic rings. The Morgan fingerprint density at radius 2 is 1.60 bits per heavy atom. The van der Waals surface area contributed by atoms with Crippen molar-refractivity contribution in [2.45, 2.75) is 26.3 Å². The number of piperazine rings is 1.